The van der Waals surface area contributed by atoms with Crippen molar-refractivity contribution < 1.29 is 111 Å². The maximum atomic E-state index is 10.3. The van der Waals surface area contributed by atoms with Gasteiger partial charge in [0.2, 0.25) is 0 Å². The summed E-state index contributed by atoms with van der Waals surface area (Å²) in [6.45, 7) is 0. The summed E-state index contributed by atoms with van der Waals surface area (Å²) in [5.41, 5.74) is 0. The van der Waals surface area contributed by atoms with E-state index in [1.165, 1.54) is 0 Å². The van der Waals surface area contributed by atoms with Crippen LogP contribution in [-0.4, -0.2) is 72.3 Å². The smallest absolute Gasteiger partial charge is 0.744 e. The van der Waals surface area contributed by atoms with Crippen LogP contribution in [-0.2, 0) is 79.4 Å². The van der Waals surface area contributed by atoms with Gasteiger partial charge in [-0.15, -0.1) is 0 Å². The molecule has 0 radical (unpaired) electrons. The zero-order chi connectivity index (χ0) is 33.9. The molecule has 0 fully saturated rings. The predicted octanol–water partition coefficient (Wildman–Crippen LogP) is 1.18. The molecule has 0 aliphatic heterocycles. The van der Waals surface area contributed by atoms with Crippen molar-refractivity contribution in [3.05, 3.63) is 97.1 Å². The first-order chi connectivity index (χ1) is 20.0. The molecule has 4 aromatic rings. The summed E-state index contributed by atoms with van der Waals surface area (Å²) in [7, 11) is -17.5. The molecule has 0 heterocycles. The minimum atomic E-state index is -4.38. The van der Waals surface area contributed by atoms with Crippen LogP contribution in [0.15, 0.2) is 117 Å². The molecule has 0 saturated carbocycles. The average molecular weight is 823 g/mol. The Bertz CT molecular complexity index is 1660. The minimum absolute atomic E-state index is 0. The van der Waals surface area contributed by atoms with E-state index in [0.717, 1.165) is 97.1 Å². The van der Waals surface area contributed by atoms with Gasteiger partial charge >= 0.3 is 39.0 Å². The van der Waals surface area contributed by atoms with Gasteiger partial charge in [-0.2, -0.15) is 0 Å². The molecule has 4 N–H and O–H groups in total. The summed E-state index contributed by atoms with van der Waals surface area (Å²) in [6.07, 6.45) is 0. The van der Waals surface area contributed by atoms with Crippen LogP contribution in [0.2, 0.25) is 0 Å². The maximum Gasteiger partial charge on any atom is 2.00 e. The molecule has 0 aromatic heterocycles. The van der Waals surface area contributed by atoms with Crippen molar-refractivity contribution in [1.29, 1.82) is 0 Å². The summed E-state index contributed by atoms with van der Waals surface area (Å²) in [4.78, 5) is -1.35. The van der Waals surface area contributed by atoms with Crippen molar-refractivity contribution >= 4 is 40.5 Å². The van der Waals surface area contributed by atoms with Gasteiger partial charge in [0.25, 0.3) is 0 Å². The largest absolute Gasteiger partial charge is 2.00 e. The van der Waals surface area contributed by atoms with Gasteiger partial charge in [-0.1, -0.05) is 0 Å². The number of hydrogen-bond donors (Lipinski definition) is 4. The monoisotopic (exact) mass is 820 g/mol. The molecule has 22 heteroatoms. The fourth-order valence-electron chi connectivity index (χ4n) is 2.45. The van der Waals surface area contributed by atoms with Crippen LogP contribution in [0, 0.1) is 0 Å². The molecule has 0 bridgehead atoms. The number of benzene rings is 4. The molecular weight excluding hydrogens is 803 g/mol. The fourth-order valence-corrected chi connectivity index (χ4v) is 4.33. The molecule has 0 spiro atoms. The number of rotatable bonds is 4. The van der Waals surface area contributed by atoms with E-state index in [0.29, 0.717) is 0 Å². The average Bonchev–Trinajstić information content (AvgIpc) is 2.89. The Morgan fingerprint density at radius 3 is 0.500 bits per heavy atom. The van der Waals surface area contributed by atoms with Crippen LogP contribution >= 0.6 is 0 Å². The third-order valence-electron chi connectivity index (χ3n) is 4.50. The summed E-state index contributed by atoms with van der Waals surface area (Å²) >= 11 is 0. The van der Waals surface area contributed by atoms with Gasteiger partial charge in [0, 0.05) is 0 Å². The molecule has 0 aliphatic carbocycles. The third kappa shape index (κ3) is 17.6. The molecule has 0 aliphatic rings. The van der Waals surface area contributed by atoms with Crippen molar-refractivity contribution in [3.63, 3.8) is 0 Å². The zero-order valence-corrected chi connectivity index (χ0v) is 32.2. The van der Waals surface area contributed by atoms with Crippen LogP contribution < -0.4 is 0 Å². The van der Waals surface area contributed by atoms with Gasteiger partial charge in [-0.25, -0.2) is 33.7 Å². The molecule has 240 valence electrons. The Hall–Kier alpha value is -3.03. The second kappa shape index (κ2) is 18.9. The topological polar surface area (TPSA) is 310 Å². The van der Waals surface area contributed by atoms with E-state index in [1.54, 1.807) is 0 Å². The summed E-state index contributed by atoms with van der Waals surface area (Å²) in [5.74, 6) is -0.287. The van der Waals surface area contributed by atoms with Crippen molar-refractivity contribution in [3.8, 4) is 23.0 Å². The number of phenols is 4. The summed E-state index contributed by atoms with van der Waals surface area (Å²) < 4.78 is 124. The van der Waals surface area contributed by atoms with Crippen molar-refractivity contribution in [2.45, 2.75) is 19.6 Å². The second-order valence-electron chi connectivity index (χ2n) is 7.79. The fraction of sp³-hybridized carbons (Fsp3) is 0. The molecule has 0 atom stereocenters. The van der Waals surface area contributed by atoms with Crippen LogP contribution in [0.1, 0.15) is 0 Å². The van der Waals surface area contributed by atoms with E-state index < -0.39 is 40.5 Å². The van der Waals surface area contributed by atoms with Crippen LogP contribution in [0.4, 0.5) is 0 Å². The Morgan fingerprint density at radius 1 is 0.304 bits per heavy atom. The quantitative estimate of drug-likeness (QED) is 0.166. The molecule has 0 saturated heterocycles. The Kier molecular flexibility index (Phi) is 18.6. The maximum absolute atomic E-state index is 10.3. The Balaban J connectivity index is 0. The molecule has 46 heavy (non-hydrogen) atoms. The van der Waals surface area contributed by atoms with Crippen LogP contribution in [0.25, 0.3) is 0 Å². The van der Waals surface area contributed by atoms with Crippen molar-refractivity contribution in [2.75, 3.05) is 0 Å². The SMILES string of the molecule is O=S(=O)([O-])c1ccc(O)cc1.O=S(=O)([O-])c1ccc(O)cc1.O=S(=O)([O-])c1ccc(O)cc1.O=S(=O)([O-])c1ccc(O)cc1.[Zn+2].[Zn+2]. The van der Waals surface area contributed by atoms with Crippen LogP contribution in [0.5, 0.6) is 23.0 Å². The zero-order valence-electron chi connectivity index (χ0n) is 23.0. The first-order valence-electron chi connectivity index (χ1n) is 11.0. The molecular formula is C24H20O16S4Zn2. The van der Waals surface area contributed by atoms with E-state index in [9.17, 15) is 51.9 Å². The normalized spacial score (nSPS) is 10.9. The van der Waals surface area contributed by atoms with Crippen molar-refractivity contribution in [1.82, 2.24) is 0 Å². The Labute approximate surface area is 289 Å². The van der Waals surface area contributed by atoms with E-state index in [1.807, 2.05) is 0 Å². The second-order valence-corrected chi connectivity index (χ2v) is 13.3. The van der Waals surface area contributed by atoms with E-state index in [-0.39, 0.29) is 81.5 Å². The van der Waals surface area contributed by atoms with Gasteiger partial charge in [-0.3, -0.25) is 0 Å². The van der Waals surface area contributed by atoms with E-state index >= 15 is 0 Å². The van der Waals surface area contributed by atoms with Gasteiger partial charge in [-0.05, 0) is 97.1 Å². The number of hydrogen-bond acceptors (Lipinski definition) is 16. The predicted molar refractivity (Wildman–Crippen MR) is 144 cm³/mol. The first-order valence-corrected chi connectivity index (χ1v) is 16.6. The van der Waals surface area contributed by atoms with Gasteiger partial charge in [0.05, 0.1) is 19.6 Å². The standard InChI is InChI=1S/4C6H6O4S.2Zn/c4*7-5-1-3-6(4-2-5)11(8,9)10;;/h4*1-4,7H,(H,8,9,10);;/q;;;;2*+2/p-4. The van der Waals surface area contributed by atoms with E-state index in [2.05, 4.69) is 0 Å². The number of aromatic hydroxyl groups is 4. The number of phenolic OH excluding ortho intramolecular Hbond substituents is 4. The van der Waals surface area contributed by atoms with Crippen molar-refractivity contribution in [2.24, 2.45) is 0 Å². The van der Waals surface area contributed by atoms with Gasteiger partial charge in [0.15, 0.2) is 0 Å². The minimum Gasteiger partial charge on any atom is -0.744 e. The van der Waals surface area contributed by atoms with Crippen LogP contribution in [0.3, 0.4) is 0 Å². The third-order valence-corrected chi connectivity index (χ3v) is 7.90. The molecule has 4 aromatic carbocycles. The molecule has 16 nitrogen and oxygen atoms in total. The molecule has 0 unspecified atom stereocenters. The van der Waals surface area contributed by atoms with Gasteiger partial charge < -0.3 is 38.6 Å². The summed E-state index contributed by atoms with van der Waals surface area (Å²) in [5, 5.41) is 34.9. The Morgan fingerprint density at radius 2 is 0.413 bits per heavy atom. The summed E-state index contributed by atoms with van der Waals surface area (Å²) in [6, 6.07) is 17.6. The van der Waals surface area contributed by atoms with E-state index in [4.69, 9.17) is 20.4 Å². The van der Waals surface area contributed by atoms with Gasteiger partial charge in [0.1, 0.15) is 63.5 Å². The first kappa shape index (κ1) is 45.1. The molecule has 4 rings (SSSR count). The molecule has 0 amide bonds.